The van der Waals surface area contributed by atoms with Gasteiger partial charge in [0.15, 0.2) is 0 Å². The summed E-state index contributed by atoms with van der Waals surface area (Å²) in [4.78, 5) is 24.3. The first-order valence-corrected chi connectivity index (χ1v) is 14.0. The molecule has 0 aromatic heterocycles. The molecule has 1 N–H and O–H groups in total. The number of carbonyl (C=O) groups excluding carboxylic acids is 2. The van der Waals surface area contributed by atoms with Crippen molar-refractivity contribution in [3.63, 3.8) is 0 Å². The number of nitrogens with one attached hydrogen (secondary N) is 1. The van der Waals surface area contributed by atoms with Crippen molar-refractivity contribution >= 4 is 18.1 Å². The summed E-state index contributed by atoms with van der Waals surface area (Å²) in [6.45, 7) is 4.93. The van der Waals surface area contributed by atoms with Crippen LogP contribution in [-0.4, -0.2) is 24.7 Å². The van der Waals surface area contributed by atoms with Gasteiger partial charge in [-0.15, -0.1) is 0 Å². The topological polar surface area (TPSA) is 77.0 Å². The van der Waals surface area contributed by atoms with Crippen molar-refractivity contribution < 1.29 is 19.1 Å². The zero-order chi connectivity index (χ0) is 26.6. The predicted molar refractivity (Wildman–Crippen MR) is 150 cm³/mol. The highest BCUT2D eigenvalue weighted by atomic mass is 16.5. The largest absolute Gasteiger partial charge is 0.494 e. The Morgan fingerprint density at radius 3 is 1.89 bits per heavy atom. The van der Waals surface area contributed by atoms with Crippen molar-refractivity contribution in [2.24, 2.45) is 5.10 Å². The molecule has 202 valence electrons. The number of benzene rings is 2. The summed E-state index contributed by atoms with van der Waals surface area (Å²) in [5.74, 6) is 0.670. The van der Waals surface area contributed by atoms with Gasteiger partial charge in [-0.3, -0.25) is 4.79 Å². The third-order valence-electron chi connectivity index (χ3n) is 6.06. The van der Waals surface area contributed by atoms with Gasteiger partial charge in [-0.25, -0.2) is 10.2 Å². The minimum atomic E-state index is -0.432. The number of amides is 1. The quantitative estimate of drug-likeness (QED) is 0.0689. The van der Waals surface area contributed by atoms with Gasteiger partial charge in [0.1, 0.15) is 11.5 Å². The lowest BCUT2D eigenvalue weighted by Gasteiger charge is -2.07. The van der Waals surface area contributed by atoms with E-state index in [1.54, 1.807) is 54.7 Å². The highest BCUT2D eigenvalue weighted by Crippen LogP contribution is 2.17. The second-order valence-electron chi connectivity index (χ2n) is 9.41. The lowest BCUT2D eigenvalue weighted by Crippen LogP contribution is -2.16. The molecule has 1 amide bonds. The molecule has 0 aliphatic rings. The van der Waals surface area contributed by atoms with Crippen LogP contribution in [0.2, 0.25) is 0 Å². The standard InChI is InChI=1S/C31H44N2O4/c1-3-5-6-7-8-9-10-11-12-13-14-15-30(34)33-32-25-26-16-20-29(21-17-26)37-31(35)27-18-22-28(23-19-27)36-24-4-2/h16-23,25H,3-15,24H2,1-2H3,(H,33,34)/b32-25-. The van der Waals surface area contributed by atoms with Crippen LogP contribution in [0.3, 0.4) is 0 Å². The van der Waals surface area contributed by atoms with Crippen molar-refractivity contribution in [3.8, 4) is 11.5 Å². The summed E-state index contributed by atoms with van der Waals surface area (Å²) in [5.41, 5.74) is 3.84. The fraction of sp³-hybridized carbons (Fsp3) is 0.516. The Balaban J connectivity index is 1.58. The van der Waals surface area contributed by atoms with Crippen LogP contribution < -0.4 is 14.9 Å². The lowest BCUT2D eigenvalue weighted by atomic mass is 10.1. The fourth-order valence-corrected chi connectivity index (χ4v) is 3.88. The molecule has 0 aliphatic heterocycles. The summed E-state index contributed by atoms with van der Waals surface area (Å²) < 4.78 is 11.0. The highest BCUT2D eigenvalue weighted by molar-refractivity contribution is 5.91. The van der Waals surface area contributed by atoms with Gasteiger partial charge in [-0.2, -0.15) is 5.10 Å². The normalized spacial score (nSPS) is 11.0. The van der Waals surface area contributed by atoms with E-state index in [0.29, 0.717) is 24.3 Å². The number of unbranched alkanes of at least 4 members (excludes halogenated alkanes) is 10. The van der Waals surface area contributed by atoms with E-state index >= 15 is 0 Å². The van der Waals surface area contributed by atoms with Crippen molar-refractivity contribution in [1.29, 1.82) is 0 Å². The van der Waals surface area contributed by atoms with Crippen LogP contribution in [0.5, 0.6) is 11.5 Å². The molecule has 0 saturated heterocycles. The van der Waals surface area contributed by atoms with Crippen LogP contribution in [0.25, 0.3) is 0 Å². The maximum Gasteiger partial charge on any atom is 0.343 e. The molecule has 0 saturated carbocycles. The molecular weight excluding hydrogens is 464 g/mol. The number of rotatable bonds is 19. The van der Waals surface area contributed by atoms with Gasteiger partial charge in [-0.05, 0) is 66.9 Å². The first kappa shape index (κ1) is 30.1. The Kier molecular flexibility index (Phi) is 15.5. The van der Waals surface area contributed by atoms with Crippen molar-refractivity contribution in [2.75, 3.05) is 6.61 Å². The number of carbonyl (C=O) groups is 2. The van der Waals surface area contributed by atoms with E-state index in [9.17, 15) is 9.59 Å². The second-order valence-corrected chi connectivity index (χ2v) is 9.41. The minimum Gasteiger partial charge on any atom is -0.494 e. The van der Waals surface area contributed by atoms with E-state index in [-0.39, 0.29) is 5.91 Å². The molecule has 0 bridgehead atoms. The first-order valence-electron chi connectivity index (χ1n) is 14.0. The summed E-state index contributed by atoms with van der Waals surface area (Å²) >= 11 is 0. The number of nitrogens with zero attached hydrogens (tertiary/aromatic N) is 1. The number of hydrogen-bond acceptors (Lipinski definition) is 5. The number of ether oxygens (including phenoxy) is 2. The molecular formula is C31H44N2O4. The van der Waals surface area contributed by atoms with Gasteiger partial charge in [0, 0.05) is 6.42 Å². The molecule has 0 heterocycles. The van der Waals surface area contributed by atoms with Gasteiger partial charge >= 0.3 is 5.97 Å². The van der Waals surface area contributed by atoms with E-state index in [1.807, 2.05) is 6.92 Å². The number of hydrogen-bond donors (Lipinski definition) is 1. The molecule has 0 unspecified atom stereocenters. The molecule has 0 fully saturated rings. The third kappa shape index (κ3) is 13.7. The molecule has 0 atom stereocenters. The second kappa shape index (κ2) is 19.0. The Hall–Kier alpha value is -3.15. The predicted octanol–water partition coefficient (Wildman–Crippen LogP) is 7.85. The number of esters is 1. The van der Waals surface area contributed by atoms with E-state index in [4.69, 9.17) is 9.47 Å². The zero-order valence-electron chi connectivity index (χ0n) is 22.7. The smallest absolute Gasteiger partial charge is 0.343 e. The maximum atomic E-state index is 12.4. The Labute approximate surface area is 222 Å². The Morgan fingerprint density at radius 2 is 1.30 bits per heavy atom. The molecule has 6 nitrogen and oxygen atoms in total. The zero-order valence-corrected chi connectivity index (χ0v) is 22.7. The Bertz CT molecular complexity index is 923. The van der Waals surface area contributed by atoms with E-state index < -0.39 is 5.97 Å². The van der Waals surface area contributed by atoms with E-state index in [2.05, 4.69) is 17.5 Å². The number of hydrazone groups is 1. The van der Waals surface area contributed by atoms with Crippen LogP contribution in [-0.2, 0) is 4.79 Å². The van der Waals surface area contributed by atoms with Crippen LogP contribution in [0, 0.1) is 0 Å². The molecule has 37 heavy (non-hydrogen) atoms. The summed E-state index contributed by atoms with van der Waals surface area (Å²) in [6.07, 6.45) is 16.9. The van der Waals surface area contributed by atoms with Gasteiger partial charge in [0.2, 0.25) is 5.91 Å². The molecule has 6 heteroatoms. The average Bonchev–Trinajstić information content (AvgIpc) is 2.91. The highest BCUT2D eigenvalue weighted by Gasteiger charge is 2.09. The average molecular weight is 509 g/mol. The van der Waals surface area contributed by atoms with Crippen LogP contribution >= 0.6 is 0 Å². The monoisotopic (exact) mass is 508 g/mol. The van der Waals surface area contributed by atoms with Gasteiger partial charge in [0.05, 0.1) is 18.4 Å². The molecule has 0 aliphatic carbocycles. The maximum absolute atomic E-state index is 12.4. The lowest BCUT2D eigenvalue weighted by molar-refractivity contribution is -0.121. The van der Waals surface area contributed by atoms with Crippen LogP contribution in [0.15, 0.2) is 53.6 Å². The Morgan fingerprint density at radius 1 is 0.730 bits per heavy atom. The SMILES string of the molecule is CCCCCCCCCCCCCC(=O)N/N=C\c1ccc(OC(=O)c2ccc(OCCC)cc2)cc1. The molecule has 2 aromatic rings. The molecule has 0 spiro atoms. The van der Waals surface area contributed by atoms with Crippen molar-refractivity contribution in [1.82, 2.24) is 5.43 Å². The summed E-state index contributed by atoms with van der Waals surface area (Å²) in [6, 6.07) is 13.9. The molecule has 2 rings (SSSR count). The van der Waals surface area contributed by atoms with Crippen LogP contribution in [0.1, 0.15) is 113 Å². The van der Waals surface area contributed by atoms with E-state index in [0.717, 1.165) is 30.6 Å². The van der Waals surface area contributed by atoms with Gasteiger partial charge in [-0.1, -0.05) is 78.1 Å². The van der Waals surface area contributed by atoms with E-state index in [1.165, 1.54) is 57.8 Å². The van der Waals surface area contributed by atoms with Crippen molar-refractivity contribution in [2.45, 2.75) is 97.3 Å². The van der Waals surface area contributed by atoms with Crippen LogP contribution in [0.4, 0.5) is 0 Å². The summed E-state index contributed by atoms with van der Waals surface area (Å²) in [7, 11) is 0. The first-order chi connectivity index (χ1) is 18.1. The van der Waals surface area contributed by atoms with Gasteiger partial charge < -0.3 is 9.47 Å². The third-order valence-corrected chi connectivity index (χ3v) is 6.06. The molecule has 0 radical (unpaired) electrons. The van der Waals surface area contributed by atoms with Crippen molar-refractivity contribution in [3.05, 3.63) is 59.7 Å². The van der Waals surface area contributed by atoms with Gasteiger partial charge in [0.25, 0.3) is 0 Å². The summed E-state index contributed by atoms with van der Waals surface area (Å²) in [5, 5.41) is 4.03. The molecule has 2 aromatic carbocycles. The fourth-order valence-electron chi connectivity index (χ4n) is 3.88. The minimum absolute atomic E-state index is 0.0659.